The zero-order valence-electron chi connectivity index (χ0n) is 17.2. The highest BCUT2D eigenvalue weighted by atomic mass is 19.3. The van der Waals surface area contributed by atoms with Crippen LogP contribution in [0, 0.1) is 17.8 Å². The summed E-state index contributed by atoms with van der Waals surface area (Å²) in [5.41, 5.74) is 0. The van der Waals surface area contributed by atoms with Crippen molar-refractivity contribution in [1.82, 2.24) is 15.2 Å². The summed E-state index contributed by atoms with van der Waals surface area (Å²) in [4.78, 5) is 19.7. The fourth-order valence-corrected chi connectivity index (χ4v) is 5.65. The van der Waals surface area contributed by atoms with E-state index in [0.29, 0.717) is 18.7 Å². The van der Waals surface area contributed by atoms with Crippen LogP contribution in [0.15, 0.2) is 10.1 Å². The minimum atomic E-state index is -2.60. The summed E-state index contributed by atoms with van der Waals surface area (Å²) in [5.74, 6) is -2.45. The van der Waals surface area contributed by atoms with Crippen molar-refractivity contribution in [2.24, 2.45) is 27.8 Å². The maximum atomic E-state index is 13.6. The summed E-state index contributed by atoms with van der Waals surface area (Å²) in [7, 11) is 0. The highest BCUT2D eigenvalue weighted by molar-refractivity contribution is 6.08. The molecule has 0 spiro atoms. The number of fused-ring (bicyclic) bond motifs is 1. The molecule has 3 fully saturated rings. The maximum Gasteiger partial charge on any atom is 0.248 e. The largest absolute Gasteiger partial charge is 0.378 e. The normalized spacial score (nSPS) is 37.9. The Morgan fingerprint density at radius 2 is 1.87 bits per heavy atom. The number of amidine groups is 1. The van der Waals surface area contributed by atoms with Crippen molar-refractivity contribution in [3.8, 4) is 0 Å². The highest BCUT2D eigenvalue weighted by Gasteiger charge is 2.49. The van der Waals surface area contributed by atoms with E-state index in [1.807, 2.05) is 0 Å². The van der Waals surface area contributed by atoms with Crippen molar-refractivity contribution in [3.63, 3.8) is 0 Å². The number of aliphatic hydroxyl groups is 1. The summed E-state index contributed by atoms with van der Waals surface area (Å²) < 4.78 is 27.2. The van der Waals surface area contributed by atoms with Crippen molar-refractivity contribution in [3.05, 3.63) is 0 Å². The van der Waals surface area contributed by atoms with Gasteiger partial charge < -0.3 is 10.4 Å². The molecule has 7 nitrogen and oxygen atoms in total. The summed E-state index contributed by atoms with van der Waals surface area (Å²) in [5, 5.41) is 20.1. The lowest BCUT2D eigenvalue weighted by Crippen LogP contribution is -2.57. The smallest absolute Gasteiger partial charge is 0.248 e. The van der Waals surface area contributed by atoms with Crippen LogP contribution in [0.4, 0.5) is 8.78 Å². The van der Waals surface area contributed by atoms with Gasteiger partial charge in [-0.05, 0) is 38.5 Å². The molecule has 1 saturated heterocycles. The zero-order chi connectivity index (χ0) is 20.9. The molecule has 5 unspecified atom stereocenters. The molecule has 0 bridgehead atoms. The Hall–Kier alpha value is -1.61. The predicted octanol–water partition coefficient (Wildman–Crippen LogP) is 2.17. The number of carbonyl (C=O) groups is 1. The lowest BCUT2D eigenvalue weighted by molar-refractivity contribution is -0.124. The van der Waals surface area contributed by atoms with E-state index in [1.165, 1.54) is 6.42 Å². The number of piperidine rings is 1. The number of likely N-dealkylation sites (tertiary alicyclic amines) is 1. The number of nitrogens with zero attached hydrogens (tertiary/aromatic N) is 4. The van der Waals surface area contributed by atoms with Crippen LogP contribution in [0.2, 0.25) is 0 Å². The van der Waals surface area contributed by atoms with Crippen LogP contribution >= 0.6 is 0 Å². The summed E-state index contributed by atoms with van der Waals surface area (Å²) in [6.07, 6.45) is 6.35. The van der Waals surface area contributed by atoms with E-state index < -0.39 is 24.2 Å². The van der Waals surface area contributed by atoms with Crippen LogP contribution in [0.5, 0.6) is 0 Å². The van der Waals surface area contributed by atoms with E-state index in [0.717, 1.165) is 38.8 Å². The van der Waals surface area contributed by atoms with Crippen LogP contribution < -0.4 is 5.32 Å². The van der Waals surface area contributed by atoms with E-state index in [4.69, 9.17) is 4.99 Å². The van der Waals surface area contributed by atoms with E-state index in [9.17, 15) is 18.7 Å². The fraction of sp³-hybridized carbons (Fsp3) is 0.857. The molecular weight excluding hydrogens is 392 g/mol. The van der Waals surface area contributed by atoms with Gasteiger partial charge in [-0.2, -0.15) is 5.10 Å². The molecule has 166 valence electrons. The van der Waals surface area contributed by atoms with Gasteiger partial charge in [0.25, 0.3) is 0 Å². The number of aliphatic hydroxyl groups excluding tert-OH is 1. The van der Waals surface area contributed by atoms with E-state index in [-0.39, 0.29) is 36.6 Å². The summed E-state index contributed by atoms with van der Waals surface area (Å²) >= 11 is 0. The first-order valence-corrected chi connectivity index (χ1v) is 11.4. The van der Waals surface area contributed by atoms with Crippen molar-refractivity contribution < 1.29 is 18.7 Å². The second kappa shape index (κ2) is 7.82. The SMILES string of the molecule is O=C1NC(C2CCC2C(O)N2CCCCC2)=NC2C1C=NN2C1CCC(F)(F)CC1. The number of hydrazone groups is 1. The Balaban J connectivity index is 1.30. The van der Waals surface area contributed by atoms with Crippen molar-refractivity contribution in [2.45, 2.75) is 82.1 Å². The molecule has 30 heavy (non-hydrogen) atoms. The number of rotatable bonds is 4. The van der Waals surface area contributed by atoms with Crippen molar-refractivity contribution >= 4 is 18.0 Å². The molecule has 3 aliphatic heterocycles. The average molecular weight is 424 g/mol. The number of amides is 1. The van der Waals surface area contributed by atoms with E-state index in [1.54, 1.807) is 11.2 Å². The molecule has 3 heterocycles. The molecule has 1 amide bonds. The quantitative estimate of drug-likeness (QED) is 0.726. The Kier molecular flexibility index (Phi) is 5.29. The Bertz CT molecular complexity index is 729. The number of carbonyl (C=O) groups excluding carboxylic acids is 1. The Morgan fingerprint density at radius 1 is 1.13 bits per heavy atom. The number of nitrogens with one attached hydrogen (secondary N) is 1. The molecule has 0 aromatic heterocycles. The first kappa shape index (κ1) is 20.3. The van der Waals surface area contributed by atoms with Crippen LogP contribution in [0.1, 0.15) is 57.8 Å². The number of hydrogen-bond acceptors (Lipinski definition) is 6. The van der Waals surface area contributed by atoms with Crippen molar-refractivity contribution in [2.75, 3.05) is 13.1 Å². The topological polar surface area (TPSA) is 80.5 Å². The Morgan fingerprint density at radius 3 is 2.53 bits per heavy atom. The minimum absolute atomic E-state index is 0.0324. The second-order valence-electron chi connectivity index (χ2n) is 9.53. The van der Waals surface area contributed by atoms with Crippen molar-refractivity contribution in [1.29, 1.82) is 0 Å². The average Bonchev–Trinajstić information content (AvgIpc) is 3.12. The summed E-state index contributed by atoms with van der Waals surface area (Å²) in [6.45, 7) is 1.84. The predicted molar refractivity (Wildman–Crippen MR) is 108 cm³/mol. The van der Waals surface area contributed by atoms with Gasteiger partial charge in [-0.25, -0.2) is 13.8 Å². The van der Waals surface area contributed by atoms with Gasteiger partial charge in [0, 0.05) is 50.0 Å². The molecule has 5 atom stereocenters. The molecular formula is C21H31F2N5O2. The van der Waals surface area contributed by atoms with Gasteiger partial charge in [0.15, 0.2) is 6.17 Å². The molecule has 5 aliphatic rings. The van der Waals surface area contributed by atoms with Gasteiger partial charge in [0.05, 0.1) is 0 Å². The lowest BCUT2D eigenvalue weighted by Gasteiger charge is -2.46. The van der Waals surface area contributed by atoms with Gasteiger partial charge in [-0.15, -0.1) is 0 Å². The lowest BCUT2D eigenvalue weighted by atomic mass is 9.70. The summed E-state index contributed by atoms with van der Waals surface area (Å²) in [6, 6.07) is -0.108. The van der Waals surface area contributed by atoms with E-state index in [2.05, 4.69) is 15.3 Å². The molecule has 2 N–H and O–H groups in total. The molecule has 0 aromatic rings. The second-order valence-corrected chi connectivity index (χ2v) is 9.53. The Labute approximate surface area is 175 Å². The van der Waals surface area contributed by atoms with Crippen LogP contribution in [-0.2, 0) is 4.79 Å². The highest BCUT2D eigenvalue weighted by Crippen LogP contribution is 2.42. The third kappa shape index (κ3) is 3.64. The van der Waals surface area contributed by atoms with E-state index >= 15 is 0 Å². The number of alkyl halides is 2. The van der Waals surface area contributed by atoms with Crippen LogP contribution in [0.25, 0.3) is 0 Å². The molecule has 9 heteroatoms. The van der Waals surface area contributed by atoms with Gasteiger partial charge in [0.2, 0.25) is 11.8 Å². The maximum absolute atomic E-state index is 13.6. The number of hydrogen-bond donors (Lipinski definition) is 2. The van der Waals surface area contributed by atoms with Gasteiger partial charge in [0.1, 0.15) is 18.0 Å². The van der Waals surface area contributed by atoms with Gasteiger partial charge in [-0.3, -0.25) is 14.7 Å². The molecule has 2 saturated carbocycles. The standard InChI is InChI=1S/C21H31F2N5O2/c22-21(23)8-6-13(7-9-21)28-18-16(12-24-28)19(29)26-17(25-18)14-4-5-15(14)20(30)27-10-2-1-3-11-27/h12-16,18,20,30H,1-11H2,(H,25,26,29). The van der Waals surface area contributed by atoms with Gasteiger partial charge in [-0.1, -0.05) is 6.42 Å². The first-order chi connectivity index (χ1) is 14.4. The molecule has 0 radical (unpaired) electrons. The number of halogens is 2. The fourth-order valence-electron chi connectivity index (χ4n) is 5.65. The third-order valence-electron chi connectivity index (χ3n) is 7.67. The third-order valence-corrected chi connectivity index (χ3v) is 7.67. The zero-order valence-corrected chi connectivity index (χ0v) is 17.2. The minimum Gasteiger partial charge on any atom is -0.378 e. The molecule has 5 rings (SSSR count). The number of aliphatic imine (C=N–C) groups is 1. The van der Waals surface area contributed by atoms with Crippen LogP contribution in [0.3, 0.4) is 0 Å². The monoisotopic (exact) mass is 423 g/mol. The van der Waals surface area contributed by atoms with Gasteiger partial charge >= 0.3 is 0 Å². The van der Waals surface area contributed by atoms with Crippen LogP contribution in [-0.4, -0.2) is 70.4 Å². The molecule has 2 aliphatic carbocycles. The first-order valence-electron chi connectivity index (χ1n) is 11.4. The molecule has 0 aromatic carbocycles.